The number of ether oxygens (including phenoxy) is 1. The van der Waals surface area contributed by atoms with E-state index in [1.807, 2.05) is 62.4 Å². The summed E-state index contributed by atoms with van der Waals surface area (Å²) in [5, 5.41) is 2.98. The first-order valence-corrected chi connectivity index (χ1v) is 12.5. The van der Waals surface area contributed by atoms with Gasteiger partial charge >= 0.3 is 0 Å². The molecule has 0 aliphatic rings. The number of para-hydroxylation sites is 1. The molecule has 0 saturated heterocycles. The van der Waals surface area contributed by atoms with Crippen LogP contribution in [0, 0.1) is 6.92 Å². The lowest BCUT2D eigenvalue weighted by Gasteiger charge is -2.16. The summed E-state index contributed by atoms with van der Waals surface area (Å²) in [6, 6.07) is 18.9. The van der Waals surface area contributed by atoms with Gasteiger partial charge in [-0.3, -0.25) is 4.79 Å². The Kier molecular flexibility index (Phi) is 8.13. The second kappa shape index (κ2) is 10.8. The lowest BCUT2D eigenvalue weighted by molar-refractivity contribution is -0.118. The van der Waals surface area contributed by atoms with E-state index in [4.69, 9.17) is 16.3 Å². The minimum atomic E-state index is -3.80. The van der Waals surface area contributed by atoms with Crippen LogP contribution >= 0.6 is 11.6 Å². The lowest BCUT2D eigenvalue weighted by Crippen LogP contribution is -2.27. The molecular weight excluding hydrogens is 460 g/mol. The van der Waals surface area contributed by atoms with E-state index < -0.39 is 16.1 Å². The molecule has 2 N–H and O–H groups in total. The van der Waals surface area contributed by atoms with Gasteiger partial charge in [0, 0.05) is 11.7 Å². The van der Waals surface area contributed by atoms with E-state index >= 15 is 0 Å². The van der Waals surface area contributed by atoms with Crippen LogP contribution in [0.3, 0.4) is 0 Å². The Hall–Kier alpha value is -2.87. The third-order valence-corrected chi connectivity index (χ3v) is 7.04. The van der Waals surface area contributed by atoms with Crippen molar-refractivity contribution >= 4 is 33.2 Å². The molecule has 0 fully saturated rings. The van der Waals surface area contributed by atoms with Gasteiger partial charge in [0.25, 0.3) is 5.91 Å². The number of carbonyl (C=O) groups is 1. The van der Waals surface area contributed by atoms with Crippen LogP contribution in [0.15, 0.2) is 71.6 Å². The van der Waals surface area contributed by atoms with Crippen LogP contribution in [0.5, 0.6) is 5.75 Å². The van der Waals surface area contributed by atoms with Crippen LogP contribution in [-0.2, 0) is 21.2 Å². The molecule has 0 aliphatic heterocycles. The molecule has 0 heterocycles. The molecule has 0 aliphatic carbocycles. The van der Waals surface area contributed by atoms with Gasteiger partial charge in [0.05, 0.1) is 9.92 Å². The summed E-state index contributed by atoms with van der Waals surface area (Å²) >= 11 is 6.26. The summed E-state index contributed by atoms with van der Waals surface area (Å²) in [5.41, 5.74) is 3.62. The highest BCUT2D eigenvalue weighted by atomic mass is 35.5. The second-order valence-corrected chi connectivity index (χ2v) is 9.77. The van der Waals surface area contributed by atoms with Crippen LogP contribution < -0.4 is 14.8 Å². The summed E-state index contributed by atoms with van der Waals surface area (Å²) in [4.78, 5) is 12.4. The summed E-state index contributed by atoms with van der Waals surface area (Å²) in [7, 11) is -3.80. The van der Waals surface area contributed by atoms with E-state index in [9.17, 15) is 13.2 Å². The summed E-state index contributed by atoms with van der Waals surface area (Å²) < 4.78 is 33.7. The number of rotatable bonds is 9. The Morgan fingerprint density at radius 3 is 2.45 bits per heavy atom. The van der Waals surface area contributed by atoms with Crippen molar-refractivity contribution in [1.29, 1.82) is 0 Å². The lowest BCUT2D eigenvalue weighted by atomic mass is 10.1. The number of hydrogen-bond acceptors (Lipinski definition) is 4. The maximum absolute atomic E-state index is 12.8. The third-order valence-electron chi connectivity index (χ3n) is 5.21. The zero-order chi connectivity index (χ0) is 24.0. The molecule has 0 aromatic heterocycles. The Morgan fingerprint density at radius 1 is 1.06 bits per heavy atom. The SMILES string of the molecule is CCc1cccc(C)c1NC(=O)COc1ccc(S(=O)(=O)N[C@@H](C)c2ccccc2)cc1Cl. The van der Waals surface area contributed by atoms with Gasteiger partial charge in [0.1, 0.15) is 5.75 Å². The van der Waals surface area contributed by atoms with E-state index in [1.54, 1.807) is 6.92 Å². The fourth-order valence-corrected chi connectivity index (χ4v) is 4.95. The van der Waals surface area contributed by atoms with Crippen molar-refractivity contribution in [3.8, 4) is 5.75 Å². The Labute approximate surface area is 200 Å². The topological polar surface area (TPSA) is 84.5 Å². The predicted molar refractivity (Wildman–Crippen MR) is 131 cm³/mol. The first-order chi connectivity index (χ1) is 15.7. The molecule has 8 heteroatoms. The molecule has 3 aromatic carbocycles. The fraction of sp³-hybridized carbons (Fsp3) is 0.240. The van der Waals surface area contributed by atoms with Crippen LogP contribution in [0.1, 0.15) is 36.6 Å². The number of halogens is 1. The van der Waals surface area contributed by atoms with Gasteiger partial charge in [-0.1, -0.05) is 67.1 Å². The number of benzene rings is 3. The highest BCUT2D eigenvalue weighted by molar-refractivity contribution is 7.89. The monoisotopic (exact) mass is 486 g/mol. The molecule has 6 nitrogen and oxygen atoms in total. The van der Waals surface area contributed by atoms with E-state index in [1.165, 1.54) is 18.2 Å². The van der Waals surface area contributed by atoms with Gasteiger partial charge in [-0.25, -0.2) is 13.1 Å². The maximum Gasteiger partial charge on any atom is 0.262 e. The minimum Gasteiger partial charge on any atom is -0.482 e. The molecule has 1 amide bonds. The van der Waals surface area contributed by atoms with Crippen molar-refractivity contribution in [2.24, 2.45) is 0 Å². The van der Waals surface area contributed by atoms with E-state index in [-0.39, 0.29) is 28.2 Å². The second-order valence-electron chi connectivity index (χ2n) is 7.65. The van der Waals surface area contributed by atoms with Crippen molar-refractivity contribution in [1.82, 2.24) is 4.72 Å². The first kappa shape index (κ1) is 24.8. The zero-order valence-corrected chi connectivity index (χ0v) is 20.3. The standard InChI is InChI=1S/C25H27ClN2O4S/c1-4-19-12-8-9-17(2)25(19)27-24(29)16-32-23-14-13-21(15-22(23)26)33(30,31)28-18(3)20-10-6-5-7-11-20/h5-15,18,28H,4,16H2,1-3H3,(H,27,29)/t18-/m0/s1. The van der Waals surface area contributed by atoms with E-state index in [0.29, 0.717) is 0 Å². The molecule has 0 radical (unpaired) electrons. The highest BCUT2D eigenvalue weighted by Gasteiger charge is 2.20. The molecule has 174 valence electrons. The molecular formula is C25H27ClN2O4S. The van der Waals surface area contributed by atoms with Gasteiger partial charge in [-0.2, -0.15) is 0 Å². The van der Waals surface area contributed by atoms with Crippen LogP contribution in [0.25, 0.3) is 0 Å². The smallest absolute Gasteiger partial charge is 0.262 e. The Balaban J connectivity index is 1.65. The maximum atomic E-state index is 12.8. The molecule has 0 bridgehead atoms. The average Bonchev–Trinajstić information content (AvgIpc) is 2.79. The first-order valence-electron chi connectivity index (χ1n) is 10.6. The predicted octanol–water partition coefficient (Wildman–Crippen LogP) is 5.27. The molecule has 33 heavy (non-hydrogen) atoms. The van der Waals surface area contributed by atoms with E-state index in [0.717, 1.165) is 28.8 Å². The van der Waals surface area contributed by atoms with Crippen molar-refractivity contribution in [2.75, 3.05) is 11.9 Å². The molecule has 0 spiro atoms. The summed E-state index contributed by atoms with van der Waals surface area (Å²) in [6.45, 7) is 5.46. The molecule has 0 saturated carbocycles. The number of nitrogens with one attached hydrogen (secondary N) is 2. The number of aryl methyl sites for hydroxylation is 2. The summed E-state index contributed by atoms with van der Waals surface area (Å²) in [6.07, 6.45) is 0.789. The van der Waals surface area contributed by atoms with E-state index in [2.05, 4.69) is 10.0 Å². The van der Waals surface area contributed by atoms with Crippen molar-refractivity contribution in [3.05, 3.63) is 88.4 Å². The van der Waals surface area contributed by atoms with Gasteiger partial charge < -0.3 is 10.1 Å². The number of amides is 1. The third kappa shape index (κ3) is 6.35. The summed E-state index contributed by atoms with van der Waals surface area (Å²) in [5.74, 6) is -0.104. The van der Waals surface area contributed by atoms with Crippen LogP contribution in [0.2, 0.25) is 5.02 Å². The van der Waals surface area contributed by atoms with Gasteiger partial charge in [-0.05, 0) is 55.2 Å². The number of carbonyl (C=O) groups excluding carboxylic acids is 1. The molecule has 0 unspecified atom stereocenters. The van der Waals surface area contributed by atoms with Gasteiger partial charge in [0.15, 0.2) is 6.61 Å². The Morgan fingerprint density at radius 2 is 1.79 bits per heavy atom. The minimum absolute atomic E-state index is 0.0135. The molecule has 1 atom stereocenters. The van der Waals surface area contributed by atoms with Gasteiger partial charge in [0.2, 0.25) is 10.0 Å². The Bertz CT molecular complexity index is 1230. The largest absolute Gasteiger partial charge is 0.482 e. The molecule has 3 rings (SSSR count). The number of anilines is 1. The van der Waals surface area contributed by atoms with Gasteiger partial charge in [-0.15, -0.1) is 0 Å². The van der Waals surface area contributed by atoms with Crippen LogP contribution in [0.4, 0.5) is 5.69 Å². The fourth-order valence-electron chi connectivity index (χ4n) is 3.40. The van der Waals surface area contributed by atoms with Crippen molar-refractivity contribution in [2.45, 2.75) is 38.1 Å². The zero-order valence-electron chi connectivity index (χ0n) is 18.8. The van der Waals surface area contributed by atoms with Crippen molar-refractivity contribution < 1.29 is 17.9 Å². The number of hydrogen-bond donors (Lipinski definition) is 2. The number of sulfonamides is 1. The average molecular weight is 487 g/mol. The molecule has 3 aromatic rings. The normalized spacial score (nSPS) is 12.2. The van der Waals surface area contributed by atoms with Crippen LogP contribution in [-0.4, -0.2) is 20.9 Å². The quantitative estimate of drug-likeness (QED) is 0.431. The van der Waals surface area contributed by atoms with Crippen molar-refractivity contribution in [3.63, 3.8) is 0 Å². The highest BCUT2D eigenvalue weighted by Crippen LogP contribution is 2.28.